The number of nitrogens with zero attached hydrogens (tertiary/aromatic N) is 2. The second kappa shape index (κ2) is 10.8. The molecule has 4 rings (SSSR count). The zero-order valence-electron chi connectivity index (χ0n) is 20.5. The van der Waals surface area contributed by atoms with Gasteiger partial charge in [0.2, 0.25) is 0 Å². The van der Waals surface area contributed by atoms with E-state index in [0.29, 0.717) is 40.4 Å². The minimum atomic E-state index is -1.00. The number of nitrogen functional groups attached to an aromatic ring is 1. The normalized spacial score (nSPS) is 10.8. The first-order chi connectivity index (χ1) is 17.7. The summed E-state index contributed by atoms with van der Waals surface area (Å²) in [6, 6.07) is 17.9. The molecule has 0 radical (unpaired) electrons. The van der Waals surface area contributed by atoms with Crippen LogP contribution in [0.25, 0.3) is 11.0 Å². The fourth-order valence-corrected chi connectivity index (χ4v) is 3.87. The first-order valence-electron chi connectivity index (χ1n) is 11.7. The highest BCUT2D eigenvalue weighted by atomic mass is 16.6. The van der Waals surface area contributed by atoms with Gasteiger partial charge in [-0.15, -0.1) is 0 Å². The summed E-state index contributed by atoms with van der Waals surface area (Å²) in [6.07, 6.45) is -0.880. The number of carboxylic acids is 1. The van der Waals surface area contributed by atoms with E-state index in [2.05, 4.69) is 15.3 Å². The molecule has 4 aromatic rings. The van der Waals surface area contributed by atoms with Crippen LogP contribution in [0.15, 0.2) is 60.7 Å². The first kappa shape index (κ1) is 25.2. The van der Waals surface area contributed by atoms with Gasteiger partial charge in [-0.05, 0) is 67.9 Å². The van der Waals surface area contributed by atoms with Gasteiger partial charge in [-0.2, -0.15) is 0 Å². The molecule has 0 spiro atoms. The number of carboxylic acid groups (broad SMARTS) is 1. The largest absolute Gasteiger partial charge is 0.481 e. The van der Waals surface area contributed by atoms with Crippen LogP contribution >= 0.6 is 0 Å². The summed E-state index contributed by atoms with van der Waals surface area (Å²) < 4.78 is 5.71. The van der Waals surface area contributed by atoms with Crippen molar-refractivity contribution in [3.8, 4) is 5.75 Å². The number of imidazole rings is 1. The number of nitrogens with one attached hydrogen (secondary N) is 3. The topological polar surface area (TPSA) is 157 Å². The predicted octanol–water partition coefficient (Wildman–Crippen LogP) is 4.56. The maximum absolute atomic E-state index is 13.1. The van der Waals surface area contributed by atoms with Crippen molar-refractivity contribution in [2.45, 2.75) is 26.8 Å². The van der Waals surface area contributed by atoms with Crippen LogP contribution in [0.3, 0.4) is 0 Å². The molecule has 6 N–H and O–H groups in total. The first-order valence-corrected chi connectivity index (χ1v) is 11.7. The number of nitrogens with two attached hydrogens (primary N) is 1. The Hall–Kier alpha value is -4.86. The number of anilines is 2. The number of aromatic nitrogens is 2. The molecule has 0 aliphatic heterocycles. The van der Waals surface area contributed by atoms with Gasteiger partial charge in [0.05, 0.1) is 24.0 Å². The molecule has 0 unspecified atom stereocenters. The number of aryl methyl sites for hydroxylation is 2. The monoisotopic (exact) mass is 500 g/mol. The highest BCUT2D eigenvalue weighted by Crippen LogP contribution is 2.27. The van der Waals surface area contributed by atoms with E-state index in [1.54, 1.807) is 42.5 Å². The molecule has 3 aromatic carbocycles. The lowest BCUT2D eigenvalue weighted by atomic mass is 10.2. The van der Waals surface area contributed by atoms with Gasteiger partial charge in [0.25, 0.3) is 0 Å². The Morgan fingerprint density at radius 1 is 1.14 bits per heavy atom. The molecule has 0 aliphatic carbocycles. The molecule has 10 heteroatoms. The highest BCUT2D eigenvalue weighted by Gasteiger charge is 2.21. The fraction of sp³-hybridized carbons (Fsp3) is 0.185. The number of rotatable bonds is 9. The second-order valence-corrected chi connectivity index (χ2v) is 8.62. The summed E-state index contributed by atoms with van der Waals surface area (Å²) in [5.74, 6) is 0.0478. The molecule has 190 valence electrons. The average Bonchev–Trinajstić information content (AvgIpc) is 3.29. The van der Waals surface area contributed by atoms with Gasteiger partial charge in [-0.3, -0.25) is 15.1 Å². The van der Waals surface area contributed by atoms with Crippen LogP contribution in [0.1, 0.15) is 28.9 Å². The van der Waals surface area contributed by atoms with E-state index < -0.39 is 12.1 Å². The minimum Gasteiger partial charge on any atom is -0.481 e. The predicted molar refractivity (Wildman–Crippen MR) is 142 cm³/mol. The summed E-state index contributed by atoms with van der Waals surface area (Å²) in [7, 11) is 0. The Kier molecular flexibility index (Phi) is 7.38. The lowest BCUT2D eigenvalue weighted by molar-refractivity contribution is -0.136. The number of carbonyl (C=O) groups is 2. The summed E-state index contributed by atoms with van der Waals surface area (Å²) in [5, 5.41) is 19.9. The number of amidine groups is 1. The summed E-state index contributed by atoms with van der Waals surface area (Å²) in [5.41, 5.74) is 10.7. The zero-order valence-corrected chi connectivity index (χ0v) is 20.5. The minimum absolute atomic E-state index is 0.0136. The number of benzene rings is 3. The lowest BCUT2D eigenvalue weighted by Gasteiger charge is -2.22. The van der Waals surface area contributed by atoms with Gasteiger partial charge in [-0.25, -0.2) is 9.78 Å². The molecule has 0 fully saturated rings. The Morgan fingerprint density at radius 2 is 1.89 bits per heavy atom. The molecule has 0 bridgehead atoms. The van der Waals surface area contributed by atoms with Gasteiger partial charge in [0.1, 0.15) is 17.4 Å². The van der Waals surface area contributed by atoms with Crippen molar-refractivity contribution >= 4 is 40.3 Å². The summed E-state index contributed by atoms with van der Waals surface area (Å²) in [6.45, 7) is 4.12. The van der Waals surface area contributed by atoms with E-state index in [1.807, 2.05) is 32.0 Å². The van der Waals surface area contributed by atoms with Crippen molar-refractivity contribution in [2.75, 3.05) is 16.8 Å². The molecule has 0 atom stereocenters. The average molecular weight is 501 g/mol. The van der Waals surface area contributed by atoms with Crippen LogP contribution in [0.2, 0.25) is 0 Å². The van der Waals surface area contributed by atoms with E-state index in [4.69, 9.17) is 21.0 Å². The van der Waals surface area contributed by atoms with Crippen molar-refractivity contribution in [1.82, 2.24) is 9.97 Å². The molecule has 0 saturated heterocycles. The maximum Gasteiger partial charge on any atom is 0.419 e. The number of hydrogen-bond donors (Lipinski definition) is 5. The summed E-state index contributed by atoms with van der Waals surface area (Å²) >= 11 is 0. The van der Waals surface area contributed by atoms with Crippen molar-refractivity contribution in [2.24, 2.45) is 5.73 Å². The Labute approximate surface area is 213 Å². The van der Waals surface area contributed by atoms with Crippen molar-refractivity contribution in [3.05, 3.63) is 83.2 Å². The van der Waals surface area contributed by atoms with Crippen LogP contribution in [0.4, 0.5) is 16.2 Å². The molecular weight excluding hydrogens is 472 g/mol. The van der Waals surface area contributed by atoms with Crippen LogP contribution in [-0.2, 0) is 11.3 Å². The molecule has 1 amide bonds. The van der Waals surface area contributed by atoms with E-state index >= 15 is 0 Å². The molecule has 0 aliphatic rings. The fourth-order valence-electron chi connectivity index (χ4n) is 3.87. The highest BCUT2D eigenvalue weighted by molar-refractivity contribution is 5.95. The Bertz CT molecular complexity index is 1460. The molecule has 10 nitrogen and oxygen atoms in total. The van der Waals surface area contributed by atoms with Crippen LogP contribution in [-0.4, -0.2) is 39.5 Å². The van der Waals surface area contributed by atoms with E-state index in [0.717, 1.165) is 16.8 Å². The van der Waals surface area contributed by atoms with Crippen LogP contribution < -0.4 is 20.7 Å². The van der Waals surface area contributed by atoms with Gasteiger partial charge in [0, 0.05) is 29.0 Å². The second-order valence-electron chi connectivity index (χ2n) is 8.62. The lowest BCUT2D eigenvalue weighted by Crippen LogP contribution is -2.35. The van der Waals surface area contributed by atoms with E-state index in [1.165, 1.54) is 4.90 Å². The SMILES string of the molecule is Cc1cccc(N(CCC(=O)O)C(=O)Oc2ccc3[nH]c(CNc4ccc(C(=N)N)cc4)nc3c2C)c1. The number of H-pyrrole nitrogens is 1. The van der Waals surface area contributed by atoms with Gasteiger partial charge in [0.15, 0.2) is 0 Å². The summed E-state index contributed by atoms with van der Waals surface area (Å²) in [4.78, 5) is 33.5. The third-order valence-electron chi connectivity index (χ3n) is 5.84. The van der Waals surface area contributed by atoms with Crippen molar-refractivity contribution in [1.29, 1.82) is 5.41 Å². The third-order valence-corrected chi connectivity index (χ3v) is 5.84. The van der Waals surface area contributed by atoms with Crippen LogP contribution in [0.5, 0.6) is 5.75 Å². The molecule has 1 aromatic heterocycles. The van der Waals surface area contributed by atoms with Crippen molar-refractivity contribution in [3.63, 3.8) is 0 Å². The quantitative estimate of drug-likeness (QED) is 0.166. The number of fused-ring (bicyclic) bond motifs is 1. The standard InChI is InChI=1S/C27H28N6O4/c1-16-4-3-5-20(14-16)33(13-12-24(34)35)27(36)37-22-11-10-21-25(17(22)2)32-23(31-21)15-30-19-8-6-18(7-9-19)26(28)29/h3-11,14,30H,12-13,15H2,1-2H3,(H3,28,29)(H,31,32)(H,34,35). The van der Waals surface area contributed by atoms with Crippen molar-refractivity contribution < 1.29 is 19.4 Å². The van der Waals surface area contributed by atoms with E-state index in [9.17, 15) is 9.59 Å². The zero-order chi connectivity index (χ0) is 26.5. The smallest absolute Gasteiger partial charge is 0.419 e. The van der Waals surface area contributed by atoms with Gasteiger partial charge in [-0.1, -0.05) is 12.1 Å². The number of amides is 1. The van der Waals surface area contributed by atoms with Crippen LogP contribution in [0, 0.1) is 19.3 Å². The molecule has 0 saturated carbocycles. The molecule has 1 heterocycles. The maximum atomic E-state index is 13.1. The Morgan fingerprint density at radius 3 is 2.57 bits per heavy atom. The van der Waals surface area contributed by atoms with E-state index in [-0.39, 0.29) is 18.8 Å². The number of hydrogen-bond acceptors (Lipinski definition) is 6. The third kappa shape index (κ3) is 6.04. The number of aliphatic carboxylic acids is 1. The molecular formula is C27H28N6O4. The number of aromatic amines is 1. The number of ether oxygens (including phenoxy) is 1. The van der Waals surface area contributed by atoms with Gasteiger partial charge >= 0.3 is 12.1 Å². The number of carbonyl (C=O) groups excluding carboxylic acids is 1. The molecule has 37 heavy (non-hydrogen) atoms. The Balaban J connectivity index is 1.50. The van der Waals surface area contributed by atoms with Gasteiger partial charge < -0.3 is 25.9 Å².